The molecule has 0 aliphatic carbocycles. The number of hydrogen-bond acceptors (Lipinski definition) is 4. The number of carbonyl (C=O) groups is 2. The lowest BCUT2D eigenvalue weighted by Crippen LogP contribution is -2.48. The molecule has 0 aromatic carbocycles. The molecule has 4 N–H and O–H groups in total. The van der Waals surface area contributed by atoms with E-state index in [9.17, 15) is 9.59 Å². The zero-order chi connectivity index (χ0) is 20.2. The van der Waals surface area contributed by atoms with Crippen molar-refractivity contribution in [3.8, 4) is 0 Å². The second-order valence-electron chi connectivity index (χ2n) is 7.57. The Labute approximate surface area is 181 Å². The molecule has 0 spiro atoms. The average molecular weight is 499 g/mol. The molecular formula is C18H38IN5O3. The number of halogens is 1. The number of nitrogens with zero attached hydrogens (tertiary/aromatic N) is 1. The van der Waals surface area contributed by atoms with Gasteiger partial charge in [0.25, 0.3) is 0 Å². The van der Waals surface area contributed by atoms with Crippen LogP contribution in [0.15, 0.2) is 4.99 Å². The van der Waals surface area contributed by atoms with Crippen LogP contribution in [0.1, 0.15) is 54.9 Å². The summed E-state index contributed by atoms with van der Waals surface area (Å²) in [6.07, 6.45) is 0.377. The minimum atomic E-state index is -0.425. The van der Waals surface area contributed by atoms with Crippen molar-refractivity contribution in [2.24, 2.45) is 10.9 Å². The van der Waals surface area contributed by atoms with Gasteiger partial charge in [0.2, 0.25) is 5.91 Å². The van der Waals surface area contributed by atoms with E-state index >= 15 is 0 Å². The summed E-state index contributed by atoms with van der Waals surface area (Å²) in [4.78, 5) is 27.9. The highest BCUT2D eigenvalue weighted by molar-refractivity contribution is 14.0. The summed E-state index contributed by atoms with van der Waals surface area (Å²) in [5.41, 5.74) is -0.287. The lowest BCUT2D eigenvalue weighted by molar-refractivity contribution is -0.121. The van der Waals surface area contributed by atoms with Crippen LogP contribution in [-0.4, -0.2) is 55.8 Å². The molecule has 9 heteroatoms. The van der Waals surface area contributed by atoms with Crippen LogP contribution in [0.3, 0.4) is 0 Å². The molecule has 1 atom stereocenters. The van der Waals surface area contributed by atoms with Gasteiger partial charge in [-0.3, -0.25) is 4.79 Å². The maximum atomic E-state index is 11.9. The molecule has 0 aromatic rings. The van der Waals surface area contributed by atoms with Crippen LogP contribution in [0.25, 0.3) is 0 Å². The summed E-state index contributed by atoms with van der Waals surface area (Å²) >= 11 is 0. The average Bonchev–Trinajstić information content (AvgIpc) is 2.47. The van der Waals surface area contributed by atoms with Gasteiger partial charge >= 0.3 is 6.09 Å². The Balaban J connectivity index is 0. The Hall–Kier alpha value is -1.26. The highest BCUT2D eigenvalue weighted by Gasteiger charge is 2.16. The van der Waals surface area contributed by atoms with Gasteiger partial charge < -0.3 is 26.0 Å². The lowest BCUT2D eigenvalue weighted by atomic mass is 10.0. The molecule has 2 amide bonds. The van der Waals surface area contributed by atoms with Crippen LogP contribution < -0.4 is 21.3 Å². The number of rotatable bonds is 9. The summed E-state index contributed by atoms with van der Waals surface area (Å²) < 4.78 is 4.96. The van der Waals surface area contributed by atoms with E-state index in [1.807, 2.05) is 27.7 Å². The maximum Gasteiger partial charge on any atom is 0.407 e. The van der Waals surface area contributed by atoms with Gasteiger partial charge in [0.1, 0.15) is 6.54 Å². The lowest BCUT2D eigenvalue weighted by Gasteiger charge is -2.22. The SMILES string of the molecule is CCNC(=NCC(=O)NC(C)(C)C)NCC(CC(C)C)NC(=O)OCC.I. The third-order valence-electron chi connectivity index (χ3n) is 3.11. The van der Waals surface area contributed by atoms with E-state index in [0.717, 1.165) is 6.42 Å². The normalized spacial score (nSPS) is 12.7. The molecule has 0 bridgehead atoms. The first-order valence-corrected chi connectivity index (χ1v) is 9.33. The van der Waals surface area contributed by atoms with E-state index in [1.54, 1.807) is 6.92 Å². The van der Waals surface area contributed by atoms with E-state index in [2.05, 4.69) is 40.1 Å². The largest absolute Gasteiger partial charge is 0.450 e. The number of guanidine groups is 1. The molecule has 0 saturated heterocycles. The standard InChI is InChI=1S/C18H37N5O3.HI/c1-8-19-16(21-12-15(24)23-18(5,6)7)20-11-14(10-13(3)4)22-17(25)26-9-2;/h13-14H,8-12H2,1-7H3,(H,22,25)(H,23,24)(H2,19,20,21);1H. The van der Waals surface area contributed by atoms with Gasteiger partial charge in [0, 0.05) is 24.7 Å². The van der Waals surface area contributed by atoms with Gasteiger partial charge in [-0.2, -0.15) is 0 Å². The third-order valence-corrected chi connectivity index (χ3v) is 3.11. The number of alkyl carbamates (subject to hydrolysis) is 1. The van der Waals surface area contributed by atoms with Crippen molar-refractivity contribution in [2.75, 3.05) is 26.2 Å². The van der Waals surface area contributed by atoms with Crippen LogP contribution in [0.4, 0.5) is 4.79 Å². The van der Waals surface area contributed by atoms with Crippen molar-refractivity contribution in [2.45, 2.75) is 66.5 Å². The Bertz CT molecular complexity index is 464. The van der Waals surface area contributed by atoms with Gasteiger partial charge in [-0.1, -0.05) is 13.8 Å². The van der Waals surface area contributed by atoms with E-state index in [1.165, 1.54) is 0 Å². The number of ether oxygens (including phenoxy) is 1. The Morgan fingerprint density at radius 2 is 1.74 bits per heavy atom. The molecule has 0 aliphatic heterocycles. The van der Waals surface area contributed by atoms with Crippen LogP contribution in [-0.2, 0) is 9.53 Å². The third kappa shape index (κ3) is 16.6. The summed E-state index contributed by atoms with van der Waals surface area (Å²) in [5, 5.41) is 12.0. The van der Waals surface area contributed by atoms with E-state index in [-0.39, 0.29) is 48.0 Å². The first-order valence-electron chi connectivity index (χ1n) is 9.33. The molecule has 27 heavy (non-hydrogen) atoms. The fraction of sp³-hybridized carbons (Fsp3) is 0.833. The van der Waals surface area contributed by atoms with Gasteiger partial charge in [0.15, 0.2) is 5.96 Å². The van der Waals surface area contributed by atoms with Crippen molar-refractivity contribution in [1.82, 2.24) is 21.3 Å². The Morgan fingerprint density at radius 3 is 2.22 bits per heavy atom. The van der Waals surface area contributed by atoms with Gasteiger partial charge in [0.05, 0.1) is 6.61 Å². The summed E-state index contributed by atoms with van der Waals surface area (Å²) in [6, 6.07) is -0.0960. The fourth-order valence-electron chi connectivity index (χ4n) is 2.27. The van der Waals surface area contributed by atoms with Crippen molar-refractivity contribution in [1.29, 1.82) is 0 Å². The Kier molecular flexibility index (Phi) is 15.3. The molecule has 0 radical (unpaired) electrons. The van der Waals surface area contributed by atoms with Crippen LogP contribution in [0.5, 0.6) is 0 Å². The number of carbonyl (C=O) groups excluding carboxylic acids is 2. The van der Waals surface area contributed by atoms with E-state index in [4.69, 9.17) is 4.74 Å². The first-order chi connectivity index (χ1) is 12.1. The first kappa shape index (κ1) is 28.0. The second-order valence-corrected chi connectivity index (χ2v) is 7.57. The topological polar surface area (TPSA) is 104 Å². The summed E-state index contributed by atoms with van der Waals surface area (Å²) in [7, 11) is 0. The maximum absolute atomic E-state index is 11.9. The van der Waals surface area contributed by atoms with E-state index < -0.39 is 6.09 Å². The van der Waals surface area contributed by atoms with Gasteiger partial charge in [-0.05, 0) is 47.0 Å². The van der Waals surface area contributed by atoms with Crippen molar-refractivity contribution in [3.63, 3.8) is 0 Å². The predicted octanol–water partition coefficient (Wildman–Crippen LogP) is 2.23. The number of amides is 2. The number of hydrogen-bond donors (Lipinski definition) is 4. The molecule has 160 valence electrons. The van der Waals surface area contributed by atoms with Crippen LogP contribution in [0.2, 0.25) is 0 Å². The highest BCUT2D eigenvalue weighted by atomic mass is 127. The monoisotopic (exact) mass is 499 g/mol. The molecule has 8 nitrogen and oxygen atoms in total. The predicted molar refractivity (Wildman–Crippen MR) is 121 cm³/mol. The van der Waals surface area contributed by atoms with Crippen LogP contribution >= 0.6 is 24.0 Å². The number of aliphatic imine (C=N–C) groups is 1. The van der Waals surface area contributed by atoms with E-state index in [0.29, 0.717) is 31.6 Å². The van der Waals surface area contributed by atoms with Crippen molar-refractivity contribution < 1.29 is 14.3 Å². The molecule has 0 heterocycles. The molecule has 0 aromatic heterocycles. The summed E-state index contributed by atoms with van der Waals surface area (Å²) in [5.74, 6) is 0.815. The fourth-order valence-corrected chi connectivity index (χ4v) is 2.27. The highest BCUT2D eigenvalue weighted by Crippen LogP contribution is 2.04. The Morgan fingerprint density at radius 1 is 1.11 bits per heavy atom. The van der Waals surface area contributed by atoms with Crippen LogP contribution in [0, 0.1) is 5.92 Å². The van der Waals surface area contributed by atoms with Gasteiger partial charge in [-0.15, -0.1) is 24.0 Å². The minimum Gasteiger partial charge on any atom is -0.450 e. The van der Waals surface area contributed by atoms with Crippen molar-refractivity contribution >= 4 is 41.9 Å². The van der Waals surface area contributed by atoms with Gasteiger partial charge in [-0.25, -0.2) is 9.79 Å². The molecule has 0 rings (SSSR count). The quantitative estimate of drug-likeness (QED) is 0.221. The zero-order valence-corrected chi connectivity index (χ0v) is 20.1. The summed E-state index contributed by atoms with van der Waals surface area (Å²) in [6.45, 7) is 15.2. The molecule has 0 aliphatic rings. The molecule has 0 saturated carbocycles. The molecular weight excluding hydrogens is 461 g/mol. The van der Waals surface area contributed by atoms with Crippen molar-refractivity contribution in [3.05, 3.63) is 0 Å². The zero-order valence-electron chi connectivity index (χ0n) is 17.8. The second kappa shape index (κ2) is 14.8. The molecule has 1 unspecified atom stereocenters. The minimum absolute atomic E-state index is 0. The molecule has 0 fully saturated rings. The smallest absolute Gasteiger partial charge is 0.407 e. The number of nitrogens with one attached hydrogen (secondary N) is 4.